The van der Waals surface area contributed by atoms with Gasteiger partial charge in [-0.05, 0) is 36.5 Å². The number of rotatable bonds is 1. The van der Waals surface area contributed by atoms with Crippen molar-refractivity contribution >= 4 is 0 Å². The lowest BCUT2D eigenvalue weighted by Gasteiger charge is -2.31. The lowest BCUT2D eigenvalue weighted by Crippen LogP contribution is -2.20. The van der Waals surface area contributed by atoms with Crippen LogP contribution in [0.1, 0.15) is 40.0 Å². The molecule has 2 aliphatic rings. The second-order valence-electron chi connectivity index (χ2n) is 5.48. The smallest absolute Gasteiger partial charge is 0.0132 e. The summed E-state index contributed by atoms with van der Waals surface area (Å²) in [5.41, 5.74) is 2.05. The molecule has 0 amide bonds. The highest BCUT2D eigenvalue weighted by molar-refractivity contribution is 5.27. The van der Waals surface area contributed by atoms with Gasteiger partial charge >= 0.3 is 0 Å². The van der Waals surface area contributed by atoms with E-state index in [-0.39, 0.29) is 0 Å². The van der Waals surface area contributed by atoms with Crippen LogP contribution in [0.15, 0.2) is 23.8 Å². The molecule has 0 N–H and O–H groups in total. The van der Waals surface area contributed by atoms with E-state index in [2.05, 4.69) is 39.0 Å². The molecule has 0 saturated heterocycles. The SMILES string of the molecule is CC(C)(C)C1=CC=CCC1C1CC1. The molecule has 0 aromatic heterocycles. The fraction of sp³-hybridized carbons (Fsp3) is 0.692. The zero-order valence-corrected chi connectivity index (χ0v) is 9.01. The van der Waals surface area contributed by atoms with Crippen LogP contribution in [0, 0.1) is 17.3 Å². The van der Waals surface area contributed by atoms with E-state index in [1.807, 2.05) is 0 Å². The van der Waals surface area contributed by atoms with Crippen LogP contribution < -0.4 is 0 Å². The molecule has 0 aromatic carbocycles. The fourth-order valence-electron chi connectivity index (χ4n) is 2.40. The number of allylic oxidation sites excluding steroid dienone is 4. The molecule has 0 aromatic rings. The van der Waals surface area contributed by atoms with Crippen LogP contribution >= 0.6 is 0 Å². The maximum atomic E-state index is 2.35. The average Bonchev–Trinajstić information content (AvgIpc) is 2.85. The molecular weight excluding hydrogens is 156 g/mol. The van der Waals surface area contributed by atoms with Crippen molar-refractivity contribution in [2.75, 3.05) is 0 Å². The van der Waals surface area contributed by atoms with Crippen molar-refractivity contribution in [2.24, 2.45) is 17.3 Å². The van der Waals surface area contributed by atoms with Gasteiger partial charge in [0.25, 0.3) is 0 Å². The summed E-state index contributed by atoms with van der Waals surface area (Å²) < 4.78 is 0. The first-order chi connectivity index (χ1) is 6.09. The molecule has 1 fully saturated rings. The highest BCUT2D eigenvalue weighted by Crippen LogP contribution is 2.48. The zero-order valence-electron chi connectivity index (χ0n) is 9.01. The van der Waals surface area contributed by atoms with Gasteiger partial charge in [-0.15, -0.1) is 0 Å². The van der Waals surface area contributed by atoms with Crippen molar-refractivity contribution in [3.63, 3.8) is 0 Å². The molecule has 0 aliphatic heterocycles. The third kappa shape index (κ3) is 1.87. The molecule has 1 atom stereocenters. The first-order valence-electron chi connectivity index (χ1n) is 5.46. The molecule has 0 spiro atoms. The minimum atomic E-state index is 0.373. The first kappa shape index (κ1) is 9.05. The predicted octanol–water partition coefficient (Wildman–Crippen LogP) is 3.95. The summed E-state index contributed by atoms with van der Waals surface area (Å²) in [7, 11) is 0. The lowest BCUT2D eigenvalue weighted by molar-refractivity contribution is 0.392. The van der Waals surface area contributed by atoms with Gasteiger partial charge in [0, 0.05) is 0 Å². The Balaban J connectivity index is 2.20. The Morgan fingerprint density at radius 2 is 1.92 bits per heavy atom. The van der Waals surface area contributed by atoms with E-state index in [1.165, 1.54) is 19.3 Å². The quantitative estimate of drug-likeness (QED) is 0.567. The largest absolute Gasteiger partial charge is 0.0839 e. The van der Waals surface area contributed by atoms with Gasteiger partial charge in [0.1, 0.15) is 0 Å². The summed E-state index contributed by atoms with van der Waals surface area (Å²) in [4.78, 5) is 0. The van der Waals surface area contributed by atoms with Gasteiger partial charge in [-0.2, -0.15) is 0 Å². The highest BCUT2D eigenvalue weighted by Gasteiger charge is 2.36. The zero-order chi connectivity index (χ0) is 9.47. The Morgan fingerprint density at radius 3 is 2.46 bits per heavy atom. The molecule has 0 nitrogen and oxygen atoms in total. The Bertz CT molecular complexity index is 246. The minimum Gasteiger partial charge on any atom is -0.0839 e. The summed E-state index contributed by atoms with van der Waals surface area (Å²) in [5.74, 6) is 1.88. The molecule has 0 heteroatoms. The molecule has 13 heavy (non-hydrogen) atoms. The van der Waals surface area contributed by atoms with Gasteiger partial charge in [0.15, 0.2) is 0 Å². The van der Waals surface area contributed by atoms with Gasteiger partial charge in [-0.3, -0.25) is 0 Å². The third-order valence-electron chi connectivity index (χ3n) is 3.26. The van der Waals surface area contributed by atoms with E-state index in [0.29, 0.717) is 5.41 Å². The molecule has 1 unspecified atom stereocenters. The predicted molar refractivity (Wildman–Crippen MR) is 57.5 cm³/mol. The first-order valence-corrected chi connectivity index (χ1v) is 5.46. The molecule has 2 rings (SSSR count). The molecular formula is C13H20. The van der Waals surface area contributed by atoms with Crippen molar-refractivity contribution in [3.8, 4) is 0 Å². The molecule has 1 saturated carbocycles. The van der Waals surface area contributed by atoms with E-state index >= 15 is 0 Å². The maximum Gasteiger partial charge on any atom is -0.0132 e. The molecule has 0 bridgehead atoms. The second-order valence-corrected chi connectivity index (χ2v) is 5.48. The van der Waals surface area contributed by atoms with E-state index in [1.54, 1.807) is 5.57 Å². The van der Waals surface area contributed by atoms with Crippen molar-refractivity contribution in [2.45, 2.75) is 40.0 Å². The Morgan fingerprint density at radius 1 is 1.23 bits per heavy atom. The van der Waals surface area contributed by atoms with Gasteiger partial charge in [-0.25, -0.2) is 0 Å². The van der Waals surface area contributed by atoms with Crippen LogP contribution in [0.5, 0.6) is 0 Å². The molecule has 0 heterocycles. The van der Waals surface area contributed by atoms with Crippen molar-refractivity contribution in [1.82, 2.24) is 0 Å². The van der Waals surface area contributed by atoms with E-state index in [4.69, 9.17) is 0 Å². The summed E-state index contributed by atoms with van der Waals surface area (Å²) in [5, 5.41) is 0. The van der Waals surface area contributed by atoms with Gasteiger partial charge in [0.05, 0.1) is 0 Å². The summed E-state index contributed by atoms with van der Waals surface area (Å²) in [6.45, 7) is 7.02. The van der Waals surface area contributed by atoms with Crippen LogP contribution in [0.25, 0.3) is 0 Å². The molecule has 2 aliphatic carbocycles. The van der Waals surface area contributed by atoms with Crippen LogP contribution in [-0.2, 0) is 0 Å². The second kappa shape index (κ2) is 3.01. The van der Waals surface area contributed by atoms with Crippen LogP contribution in [-0.4, -0.2) is 0 Å². The van der Waals surface area contributed by atoms with Crippen molar-refractivity contribution < 1.29 is 0 Å². The van der Waals surface area contributed by atoms with Crippen LogP contribution in [0.3, 0.4) is 0 Å². The topological polar surface area (TPSA) is 0 Å². The molecule has 0 radical (unpaired) electrons. The third-order valence-corrected chi connectivity index (χ3v) is 3.26. The number of hydrogen-bond acceptors (Lipinski definition) is 0. The fourth-order valence-corrected chi connectivity index (χ4v) is 2.40. The Labute approximate surface area is 81.7 Å². The Kier molecular flexibility index (Phi) is 2.09. The van der Waals surface area contributed by atoms with Crippen LogP contribution in [0.4, 0.5) is 0 Å². The van der Waals surface area contributed by atoms with E-state index < -0.39 is 0 Å². The van der Waals surface area contributed by atoms with Gasteiger partial charge in [0.2, 0.25) is 0 Å². The van der Waals surface area contributed by atoms with Crippen molar-refractivity contribution in [1.29, 1.82) is 0 Å². The lowest BCUT2D eigenvalue weighted by atomic mass is 9.73. The van der Waals surface area contributed by atoms with Gasteiger partial charge in [-0.1, -0.05) is 44.6 Å². The Hall–Kier alpha value is -0.520. The monoisotopic (exact) mass is 176 g/mol. The highest BCUT2D eigenvalue weighted by atomic mass is 14.4. The summed E-state index contributed by atoms with van der Waals surface area (Å²) >= 11 is 0. The maximum absolute atomic E-state index is 2.35. The van der Waals surface area contributed by atoms with Crippen molar-refractivity contribution in [3.05, 3.63) is 23.8 Å². The van der Waals surface area contributed by atoms with E-state index in [0.717, 1.165) is 11.8 Å². The average molecular weight is 176 g/mol. The minimum absolute atomic E-state index is 0.373. The summed E-state index contributed by atoms with van der Waals surface area (Å²) in [6, 6.07) is 0. The molecule has 72 valence electrons. The standard InChI is InChI=1S/C13H20/c1-13(2,3)12-7-5-4-6-11(12)10-8-9-10/h4-5,7,10-11H,6,8-9H2,1-3H3. The normalized spacial score (nSPS) is 28.8. The summed E-state index contributed by atoms with van der Waals surface area (Å²) in [6.07, 6.45) is 11.1. The van der Waals surface area contributed by atoms with Crippen LogP contribution in [0.2, 0.25) is 0 Å². The van der Waals surface area contributed by atoms with Gasteiger partial charge < -0.3 is 0 Å². The number of hydrogen-bond donors (Lipinski definition) is 0. The van der Waals surface area contributed by atoms with E-state index in [9.17, 15) is 0 Å².